The Labute approximate surface area is 91.1 Å². The van der Waals surface area contributed by atoms with Crippen molar-refractivity contribution in [3.8, 4) is 0 Å². The van der Waals surface area contributed by atoms with Gasteiger partial charge in [-0.3, -0.25) is 0 Å². The molecule has 1 aliphatic heterocycles. The van der Waals surface area contributed by atoms with Crippen molar-refractivity contribution >= 4 is 5.82 Å². The summed E-state index contributed by atoms with van der Waals surface area (Å²) in [6, 6.07) is 4.04. The second-order valence-corrected chi connectivity index (χ2v) is 3.74. The molecule has 0 aromatic carbocycles. The molecule has 1 aliphatic rings. The molecule has 1 atom stereocenters. The van der Waals surface area contributed by atoms with Crippen molar-refractivity contribution in [1.29, 1.82) is 0 Å². The molecular formula is C10H12F3N3. The molecule has 1 aromatic heterocycles. The number of anilines is 1. The topological polar surface area (TPSA) is 37.0 Å². The highest BCUT2D eigenvalue weighted by atomic mass is 19.4. The SMILES string of the molecule is FC(F)(F)c1cccc(NC2CCNC2)n1. The van der Waals surface area contributed by atoms with Gasteiger partial charge in [0.15, 0.2) is 0 Å². The van der Waals surface area contributed by atoms with Crippen LogP contribution in [-0.2, 0) is 6.18 Å². The van der Waals surface area contributed by atoms with Crippen LogP contribution in [0.1, 0.15) is 12.1 Å². The summed E-state index contributed by atoms with van der Waals surface area (Å²) in [7, 11) is 0. The molecule has 0 saturated carbocycles. The quantitative estimate of drug-likeness (QED) is 0.816. The first-order chi connectivity index (χ1) is 7.55. The molecule has 2 N–H and O–H groups in total. The standard InChI is InChI=1S/C10H12F3N3/c11-10(12,13)8-2-1-3-9(16-8)15-7-4-5-14-6-7/h1-3,7,14H,4-6H2,(H,15,16). The monoisotopic (exact) mass is 231 g/mol. The Morgan fingerprint density at radius 1 is 1.38 bits per heavy atom. The van der Waals surface area contributed by atoms with Gasteiger partial charge in [-0.2, -0.15) is 13.2 Å². The zero-order valence-corrected chi connectivity index (χ0v) is 8.51. The third kappa shape index (κ3) is 2.63. The molecule has 2 heterocycles. The predicted molar refractivity (Wildman–Crippen MR) is 54.1 cm³/mol. The maximum absolute atomic E-state index is 12.4. The van der Waals surface area contributed by atoms with Gasteiger partial charge >= 0.3 is 6.18 Å². The van der Waals surface area contributed by atoms with E-state index in [2.05, 4.69) is 15.6 Å². The van der Waals surface area contributed by atoms with Crippen molar-refractivity contribution < 1.29 is 13.2 Å². The number of nitrogens with zero attached hydrogens (tertiary/aromatic N) is 1. The summed E-state index contributed by atoms with van der Waals surface area (Å²) in [5.74, 6) is 0.281. The van der Waals surface area contributed by atoms with E-state index in [1.165, 1.54) is 6.07 Å². The van der Waals surface area contributed by atoms with Crippen LogP contribution in [0.5, 0.6) is 0 Å². The van der Waals surface area contributed by atoms with Gasteiger partial charge in [-0.15, -0.1) is 0 Å². The van der Waals surface area contributed by atoms with Crippen LogP contribution in [0.2, 0.25) is 0 Å². The first-order valence-corrected chi connectivity index (χ1v) is 5.07. The average Bonchev–Trinajstić information content (AvgIpc) is 2.70. The van der Waals surface area contributed by atoms with E-state index in [1.807, 2.05) is 0 Å². The fraction of sp³-hybridized carbons (Fsp3) is 0.500. The Bertz CT molecular complexity index is 359. The molecule has 0 radical (unpaired) electrons. The highest BCUT2D eigenvalue weighted by Crippen LogP contribution is 2.28. The average molecular weight is 231 g/mol. The molecular weight excluding hydrogens is 219 g/mol. The molecule has 0 aliphatic carbocycles. The van der Waals surface area contributed by atoms with Gasteiger partial charge in [0.25, 0.3) is 0 Å². The van der Waals surface area contributed by atoms with Crippen LogP contribution in [0.15, 0.2) is 18.2 Å². The maximum atomic E-state index is 12.4. The molecule has 1 fully saturated rings. The summed E-state index contributed by atoms with van der Waals surface area (Å²) in [6.07, 6.45) is -3.48. The zero-order valence-electron chi connectivity index (χ0n) is 8.51. The van der Waals surface area contributed by atoms with Crippen LogP contribution in [-0.4, -0.2) is 24.1 Å². The van der Waals surface area contributed by atoms with E-state index in [4.69, 9.17) is 0 Å². The summed E-state index contributed by atoms with van der Waals surface area (Å²) in [6.45, 7) is 1.65. The Kier molecular flexibility index (Phi) is 3.00. The number of rotatable bonds is 2. The summed E-state index contributed by atoms with van der Waals surface area (Å²) in [5, 5.41) is 6.10. The van der Waals surface area contributed by atoms with Crippen LogP contribution in [0.25, 0.3) is 0 Å². The number of nitrogens with one attached hydrogen (secondary N) is 2. The van der Waals surface area contributed by atoms with Gasteiger partial charge in [0, 0.05) is 12.6 Å². The lowest BCUT2D eigenvalue weighted by atomic mass is 10.2. The fourth-order valence-corrected chi connectivity index (χ4v) is 1.66. The largest absolute Gasteiger partial charge is 0.433 e. The van der Waals surface area contributed by atoms with E-state index in [1.54, 1.807) is 6.07 Å². The predicted octanol–water partition coefficient (Wildman–Crippen LogP) is 1.87. The Morgan fingerprint density at radius 3 is 2.81 bits per heavy atom. The lowest BCUT2D eigenvalue weighted by Crippen LogP contribution is -2.23. The summed E-state index contributed by atoms with van der Waals surface area (Å²) in [5.41, 5.74) is -0.858. The van der Waals surface area contributed by atoms with Gasteiger partial charge < -0.3 is 10.6 Å². The molecule has 0 amide bonds. The van der Waals surface area contributed by atoms with E-state index in [9.17, 15) is 13.2 Å². The van der Waals surface area contributed by atoms with Crippen LogP contribution >= 0.6 is 0 Å². The van der Waals surface area contributed by atoms with E-state index >= 15 is 0 Å². The van der Waals surface area contributed by atoms with Crippen molar-refractivity contribution in [2.45, 2.75) is 18.6 Å². The third-order valence-corrected chi connectivity index (χ3v) is 2.45. The lowest BCUT2D eigenvalue weighted by molar-refractivity contribution is -0.141. The Hall–Kier alpha value is -1.30. The number of hydrogen-bond acceptors (Lipinski definition) is 3. The highest BCUT2D eigenvalue weighted by Gasteiger charge is 2.32. The normalized spacial score (nSPS) is 21.1. The number of alkyl halides is 3. The summed E-state index contributed by atoms with van der Waals surface area (Å²) < 4.78 is 37.1. The molecule has 3 nitrogen and oxygen atoms in total. The molecule has 2 rings (SSSR count). The zero-order chi connectivity index (χ0) is 11.6. The minimum absolute atomic E-state index is 0.163. The Balaban J connectivity index is 2.09. The van der Waals surface area contributed by atoms with Crippen LogP contribution in [0.4, 0.5) is 19.0 Å². The molecule has 0 spiro atoms. The van der Waals surface area contributed by atoms with Crippen molar-refractivity contribution in [2.75, 3.05) is 18.4 Å². The van der Waals surface area contributed by atoms with Gasteiger partial charge in [-0.25, -0.2) is 4.98 Å². The number of halogens is 3. The van der Waals surface area contributed by atoms with Gasteiger partial charge in [-0.1, -0.05) is 6.07 Å². The third-order valence-electron chi connectivity index (χ3n) is 2.45. The van der Waals surface area contributed by atoms with Crippen molar-refractivity contribution in [1.82, 2.24) is 10.3 Å². The number of pyridine rings is 1. The fourth-order valence-electron chi connectivity index (χ4n) is 1.66. The van der Waals surface area contributed by atoms with Gasteiger partial charge in [0.1, 0.15) is 11.5 Å². The van der Waals surface area contributed by atoms with Crippen LogP contribution in [0.3, 0.4) is 0 Å². The molecule has 16 heavy (non-hydrogen) atoms. The lowest BCUT2D eigenvalue weighted by Gasteiger charge is -2.13. The molecule has 1 aromatic rings. The first-order valence-electron chi connectivity index (χ1n) is 5.07. The first kappa shape index (κ1) is 11.2. The van der Waals surface area contributed by atoms with Crippen LogP contribution in [0, 0.1) is 0 Å². The second kappa shape index (κ2) is 4.29. The summed E-state index contributed by atoms with van der Waals surface area (Å²) in [4.78, 5) is 3.54. The Morgan fingerprint density at radius 2 is 2.19 bits per heavy atom. The number of aromatic nitrogens is 1. The van der Waals surface area contributed by atoms with E-state index < -0.39 is 11.9 Å². The number of hydrogen-bond donors (Lipinski definition) is 2. The van der Waals surface area contributed by atoms with Crippen molar-refractivity contribution in [3.05, 3.63) is 23.9 Å². The molecule has 0 bridgehead atoms. The van der Waals surface area contributed by atoms with E-state index in [-0.39, 0.29) is 11.9 Å². The smallest absolute Gasteiger partial charge is 0.366 e. The second-order valence-electron chi connectivity index (χ2n) is 3.74. The van der Waals surface area contributed by atoms with Gasteiger partial charge in [-0.05, 0) is 25.1 Å². The molecule has 88 valence electrons. The summed E-state index contributed by atoms with van der Waals surface area (Å²) >= 11 is 0. The van der Waals surface area contributed by atoms with Crippen molar-refractivity contribution in [3.63, 3.8) is 0 Å². The maximum Gasteiger partial charge on any atom is 0.433 e. The molecule has 1 saturated heterocycles. The van der Waals surface area contributed by atoms with Crippen LogP contribution < -0.4 is 10.6 Å². The highest BCUT2D eigenvalue weighted by molar-refractivity contribution is 5.37. The van der Waals surface area contributed by atoms with E-state index in [0.29, 0.717) is 0 Å². The molecule has 1 unspecified atom stereocenters. The minimum atomic E-state index is -4.38. The minimum Gasteiger partial charge on any atom is -0.366 e. The van der Waals surface area contributed by atoms with Gasteiger partial charge in [0.05, 0.1) is 0 Å². The molecule has 6 heteroatoms. The van der Waals surface area contributed by atoms with Crippen molar-refractivity contribution in [2.24, 2.45) is 0 Å². The van der Waals surface area contributed by atoms with E-state index in [0.717, 1.165) is 25.6 Å². The van der Waals surface area contributed by atoms with Gasteiger partial charge in [0.2, 0.25) is 0 Å².